The first-order valence-corrected chi connectivity index (χ1v) is 17.9. The Morgan fingerprint density at radius 3 is 1.98 bits per heavy atom. The highest BCUT2D eigenvalue weighted by molar-refractivity contribution is 6.03. The minimum atomic E-state index is -5.54. The Morgan fingerprint density at radius 1 is 0.889 bits per heavy atom. The normalized spacial score (nSPS) is 15.2. The van der Waals surface area contributed by atoms with Crippen LogP contribution in [0.2, 0.25) is 0 Å². The van der Waals surface area contributed by atoms with Gasteiger partial charge in [0.2, 0.25) is 0 Å². The van der Waals surface area contributed by atoms with E-state index in [0.717, 1.165) is 11.0 Å². The van der Waals surface area contributed by atoms with Crippen LogP contribution in [0.5, 0.6) is 5.75 Å². The third-order valence-electron chi connectivity index (χ3n) is 7.91. The van der Waals surface area contributed by atoms with Crippen LogP contribution in [-0.4, -0.2) is 77.1 Å². The van der Waals surface area contributed by atoms with Crippen LogP contribution in [0.4, 0.5) is 38.5 Å². The van der Waals surface area contributed by atoms with Gasteiger partial charge in [0, 0.05) is 30.6 Å². The molecule has 0 saturated heterocycles. The molecule has 11 nitrogen and oxygen atoms in total. The number of hydrogen-bond acceptors (Lipinski definition) is 8. The number of ether oxygens (including phenoxy) is 4. The van der Waals surface area contributed by atoms with E-state index in [2.05, 4.69) is 0 Å². The van der Waals surface area contributed by atoms with Crippen molar-refractivity contribution in [3.63, 3.8) is 0 Å². The van der Waals surface area contributed by atoms with Gasteiger partial charge in [-0.25, -0.2) is 14.0 Å². The molecule has 1 heterocycles. The van der Waals surface area contributed by atoms with E-state index in [1.54, 1.807) is 78.8 Å². The molecule has 15 heteroatoms. The number of halogens is 4. The molecule has 1 aliphatic heterocycles. The SMILES string of the molecule is CCCC(C)N(C[C@H]1Cc2c(cc(OCc3ccccc3)c(N(CC(=O)OC(C)(C)C)C(=O)C(F)(F)F)c2F)N1C(=O)OC(C)(C)C)C(=O)OC(C)(C)C. The second-order valence-electron chi connectivity index (χ2n) is 16.3. The topological polar surface area (TPSA) is 115 Å². The molecule has 0 spiro atoms. The van der Waals surface area contributed by atoms with Gasteiger partial charge in [-0.05, 0) is 81.2 Å². The Balaban J connectivity index is 2.31. The average Bonchev–Trinajstić information content (AvgIpc) is 3.37. The van der Waals surface area contributed by atoms with Crippen molar-refractivity contribution in [1.82, 2.24) is 4.90 Å². The maximum atomic E-state index is 17.2. The molecule has 0 bridgehead atoms. The lowest BCUT2D eigenvalue weighted by Gasteiger charge is -2.36. The van der Waals surface area contributed by atoms with E-state index < -0.39 is 82.9 Å². The number of hydrogen-bond donors (Lipinski definition) is 0. The maximum absolute atomic E-state index is 17.2. The molecule has 0 aliphatic carbocycles. The summed E-state index contributed by atoms with van der Waals surface area (Å²) in [7, 11) is 0. The zero-order valence-corrected chi connectivity index (χ0v) is 33.0. The maximum Gasteiger partial charge on any atom is 0.471 e. The Labute approximate surface area is 314 Å². The van der Waals surface area contributed by atoms with Crippen molar-refractivity contribution in [2.24, 2.45) is 0 Å². The number of carbonyl (C=O) groups is 4. The van der Waals surface area contributed by atoms with Crippen LogP contribution in [0, 0.1) is 5.82 Å². The number of nitrogens with zero attached hydrogens (tertiary/aromatic N) is 3. The molecule has 0 fully saturated rings. The van der Waals surface area contributed by atoms with E-state index in [1.807, 2.05) is 6.92 Å². The van der Waals surface area contributed by atoms with Gasteiger partial charge in [0.15, 0.2) is 5.82 Å². The van der Waals surface area contributed by atoms with E-state index in [9.17, 15) is 32.3 Å². The van der Waals surface area contributed by atoms with Crippen LogP contribution in [0.3, 0.4) is 0 Å². The molecule has 0 aromatic heterocycles. The number of benzene rings is 2. The van der Waals surface area contributed by atoms with Gasteiger partial charge in [-0.15, -0.1) is 0 Å². The fourth-order valence-corrected chi connectivity index (χ4v) is 5.84. The van der Waals surface area contributed by atoms with Crippen LogP contribution >= 0.6 is 0 Å². The van der Waals surface area contributed by atoms with Crippen LogP contribution in [0.1, 0.15) is 100 Å². The van der Waals surface area contributed by atoms with Crippen molar-refractivity contribution in [2.45, 2.75) is 137 Å². The van der Waals surface area contributed by atoms with E-state index in [1.165, 1.54) is 25.7 Å². The minimum Gasteiger partial charge on any atom is -0.487 e. The van der Waals surface area contributed by atoms with Crippen molar-refractivity contribution >= 4 is 35.4 Å². The summed E-state index contributed by atoms with van der Waals surface area (Å²) in [6.45, 7) is 16.4. The predicted molar refractivity (Wildman–Crippen MR) is 195 cm³/mol. The number of anilines is 2. The van der Waals surface area contributed by atoms with Crippen LogP contribution in [-0.2, 0) is 36.8 Å². The molecule has 2 aromatic rings. The van der Waals surface area contributed by atoms with Gasteiger partial charge in [-0.3, -0.25) is 19.4 Å². The number of carbonyl (C=O) groups excluding carboxylic acids is 4. The van der Waals surface area contributed by atoms with Gasteiger partial charge in [0.25, 0.3) is 0 Å². The van der Waals surface area contributed by atoms with Crippen molar-refractivity contribution < 1.29 is 55.7 Å². The van der Waals surface area contributed by atoms with Gasteiger partial charge in [-0.1, -0.05) is 43.7 Å². The van der Waals surface area contributed by atoms with Gasteiger partial charge < -0.3 is 23.8 Å². The summed E-state index contributed by atoms with van der Waals surface area (Å²) >= 11 is 0. The Kier molecular flexibility index (Phi) is 13.7. The van der Waals surface area contributed by atoms with Crippen molar-refractivity contribution in [3.8, 4) is 5.75 Å². The zero-order chi connectivity index (χ0) is 41.0. The second-order valence-corrected chi connectivity index (χ2v) is 16.3. The average molecular weight is 768 g/mol. The molecule has 1 unspecified atom stereocenters. The number of esters is 1. The molecule has 3 rings (SSSR count). The lowest BCUT2D eigenvalue weighted by molar-refractivity contribution is -0.171. The monoisotopic (exact) mass is 767 g/mol. The molecule has 0 N–H and O–H groups in total. The van der Waals surface area contributed by atoms with Gasteiger partial charge >= 0.3 is 30.2 Å². The van der Waals surface area contributed by atoms with E-state index in [0.29, 0.717) is 18.4 Å². The van der Waals surface area contributed by atoms with Crippen LogP contribution in [0.15, 0.2) is 36.4 Å². The first kappa shape index (κ1) is 43.8. The number of fused-ring (bicyclic) bond motifs is 1. The summed E-state index contributed by atoms with van der Waals surface area (Å²) in [5.74, 6) is -5.67. The summed E-state index contributed by atoms with van der Waals surface area (Å²) in [4.78, 5) is 56.1. The fraction of sp³-hybridized carbons (Fsp3) is 0.590. The Morgan fingerprint density at radius 2 is 1.46 bits per heavy atom. The van der Waals surface area contributed by atoms with E-state index >= 15 is 4.39 Å². The molecule has 0 saturated carbocycles. The van der Waals surface area contributed by atoms with Gasteiger partial charge in [0.05, 0.1) is 11.7 Å². The summed E-state index contributed by atoms with van der Waals surface area (Å²) in [6.07, 6.45) is -6.21. The Hall–Kier alpha value is -4.56. The van der Waals surface area contributed by atoms with Crippen molar-refractivity contribution in [2.75, 3.05) is 22.9 Å². The molecule has 3 amide bonds. The fourth-order valence-electron chi connectivity index (χ4n) is 5.84. The first-order valence-electron chi connectivity index (χ1n) is 17.9. The molecular weight excluding hydrogens is 714 g/mol. The smallest absolute Gasteiger partial charge is 0.471 e. The number of amides is 3. The first-order chi connectivity index (χ1) is 24.7. The van der Waals surface area contributed by atoms with Crippen molar-refractivity contribution in [1.29, 1.82) is 0 Å². The number of alkyl halides is 3. The third-order valence-corrected chi connectivity index (χ3v) is 7.91. The van der Waals surface area contributed by atoms with Gasteiger partial charge in [0.1, 0.15) is 41.4 Å². The second kappa shape index (κ2) is 16.8. The molecule has 300 valence electrons. The third kappa shape index (κ3) is 12.0. The van der Waals surface area contributed by atoms with Crippen LogP contribution < -0.4 is 14.5 Å². The van der Waals surface area contributed by atoms with Crippen molar-refractivity contribution in [3.05, 3.63) is 53.3 Å². The minimum absolute atomic E-state index is 0.0501. The highest BCUT2D eigenvalue weighted by Gasteiger charge is 2.48. The van der Waals surface area contributed by atoms with E-state index in [4.69, 9.17) is 18.9 Å². The molecular formula is C39H53F4N3O8. The lowest BCUT2D eigenvalue weighted by atomic mass is 10.0. The van der Waals surface area contributed by atoms with Gasteiger partial charge in [-0.2, -0.15) is 13.2 Å². The molecule has 2 atom stereocenters. The summed E-state index contributed by atoms with van der Waals surface area (Å²) < 4.78 is 82.4. The predicted octanol–water partition coefficient (Wildman–Crippen LogP) is 8.73. The van der Waals surface area contributed by atoms with E-state index in [-0.39, 0.29) is 35.7 Å². The summed E-state index contributed by atoms with van der Waals surface area (Å²) in [6, 6.07) is 8.18. The number of rotatable bonds is 11. The molecule has 2 aromatic carbocycles. The standard InChI is InChI=1S/C39H53F4N3O8/c1-12-16-24(2)44(34(49)53-37(6,7)8)21-26-19-27-28(46(26)35(50)54-38(9,10)11)20-29(51-23-25-17-14-13-15-18-25)32(31(27)40)45(33(48)39(41,42)43)22-30(47)52-36(3,4)5/h13-15,17-18,20,24,26H,12,16,19,21-23H2,1-11H3/t24?,26-/m1/s1. The highest BCUT2D eigenvalue weighted by Crippen LogP contribution is 2.46. The Bertz CT molecular complexity index is 1660. The summed E-state index contributed by atoms with van der Waals surface area (Å²) in [5, 5.41) is 0. The highest BCUT2D eigenvalue weighted by atomic mass is 19.4. The molecule has 1 aliphatic rings. The molecule has 54 heavy (non-hydrogen) atoms. The largest absolute Gasteiger partial charge is 0.487 e. The zero-order valence-electron chi connectivity index (χ0n) is 33.0. The molecule has 0 radical (unpaired) electrons. The lowest BCUT2D eigenvalue weighted by Crippen LogP contribution is -2.51. The summed E-state index contributed by atoms with van der Waals surface area (Å²) in [5.41, 5.74) is -3.84. The van der Waals surface area contributed by atoms with Crippen LogP contribution in [0.25, 0.3) is 0 Å². The quantitative estimate of drug-likeness (QED) is 0.127.